The van der Waals surface area contributed by atoms with Crippen LogP contribution in [-0.4, -0.2) is 64.6 Å². The first-order valence-corrected chi connectivity index (χ1v) is 15.8. The van der Waals surface area contributed by atoms with E-state index in [4.69, 9.17) is 9.72 Å². The minimum atomic E-state index is -0.693. The Hall–Kier alpha value is -4.18. The van der Waals surface area contributed by atoms with Gasteiger partial charge in [-0.3, -0.25) is 9.78 Å². The summed E-state index contributed by atoms with van der Waals surface area (Å²) in [7, 11) is 0. The molecule has 1 atom stereocenters. The number of hydrogen-bond donors (Lipinski definition) is 1. The maximum atomic E-state index is 15.6. The number of halogens is 2. The topological polar surface area (TPSA) is 83.5 Å². The van der Waals surface area contributed by atoms with E-state index in [0.29, 0.717) is 54.8 Å². The van der Waals surface area contributed by atoms with Gasteiger partial charge < -0.3 is 19.9 Å². The fourth-order valence-corrected chi connectivity index (χ4v) is 6.61. The Morgan fingerprint density at radius 3 is 2.62 bits per heavy atom. The van der Waals surface area contributed by atoms with Crippen LogP contribution in [0.5, 0.6) is 0 Å². The molecule has 1 unspecified atom stereocenters. The van der Waals surface area contributed by atoms with Crippen molar-refractivity contribution in [1.82, 2.24) is 19.9 Å². The number of carbonyl (C=O) groups excluding carboxylic acids is 1. The molecule has 8 nitrogen and oxygen atoms in total. The molecule has 0 bridgehead atoms. The van der Waals surface area contributed by atoms with Crippen molar-refractivity contribution in [1.29, 1.82) is 0 Å². The van der Waals surface area contributed by atoms with Gasteiger partial charge in [-0.05, 0) is 55.7 Å². The number of fused-ring (bicyclic) bond motifs is 1. The molecule has 3 aromatic heterocycles. The van der Waals surface area contributed by atoms with Crippen LogP contribution in [0.25, 0.3) is 22.3 Å². The molecule has 2 saturated heterocycles. The normalized spacial score (nSPS) is 17.7. The van der Waals surface area contributed by atoms with E-state index in [0.717, 1.165) is 48.9 Å². The fraction of sp³-hybridized carbons (Fsp3) is 0.429. The van der Waals surface area contributed by atoms with Crippen LogP contribution in [0.15, 0.2) is 48.8 Å². The third kappa shape index (κ3) is 6.61. The number of nitrogens with zero attached hydrogens (tertiary/aromatic N) is 5. The number of morpholine rings is 1. The second-order valence-electron chi connectivity index (χ2n) is 12.6. The van der Waals surface area contributed by atoms with E-state index in [1.807, 2.05) is 42.3 Å². The molecule has 236 valence electrons. The first-order valence-electron chi connectivity index (χ1n) is 15.8. The number of rotatable bonds is 7. The highest BCUT2D eigenvalue weighted by molar-refractivity contribution is 5.98. The van der Waals surface area contributed by atoms with Crippen molar-refractivity contribution in [3.63, 3.8) is 0 Å². The fourth-order valence-electron chi connectivity index (χ4n) is 6.61. The number of nitrogens with one attached hydrogen (secondary N) is 1. The number of carbonyl (C=O) groups is 1. The number of hydrogen-bond acceptors (Lipinski definition) is 7. The number of aromatic nitrogens is 3. The molecule has 0 radical (unpaired) electrons. The number of ether oxygens (including phenoxy) is 1. The van der Waals surface area contributed by atoms with E-state index in [2.05, 4.69) is 34.0 Å². The monoisotopic (exact) mass is 614 g/mol. The zero-order valence-electron chi connectivity index (χ0n) is 26.3. The number of pyridine rings is 3. The first-order chi connectivity index (χ1) is 21.7. The lowest BCUT2D eigenvalue weighted by Gasteiger charge is -2.36. The SMILES string of the molecule is CC(=O)N1CCC(c2cnc(N3CCOC(CC(C)C)C3)cc2Nc2c(C)c(-c3ccccn3)nc3cc(F)cc(F)c23)CC1. The smallest absolute Gasteiger partial charge is 0.219 e. The summed E-state index contributed by atoms with van der Waals surface area (Å²) in [6.45, 7) is 11.3. The molecule has 1 aromatic carbocycles. The molecule has 6 rings (SSSR count). The average molecular weight is 615 g/mol. The summed E-state index contributed by atoms with van der Waals surface area (Å²) in [5.41, 5.74) is 4.38. The summed E-state index contributed by atoms with van der Waals surface area (Å²) in [6, 6.07) is 9.71. The van der Waals surface area contributed by atoms with Crippen LogP contribution in [0.1, 0.15) is 57.1 Å². The van der Waals surface area contributed by atoms with Crippen molar-refractivity contribution in [3.05, 3.63) is 71.6 Å². The molecule has 10 heteroatoms. The van der Waals surface area contributed by atoms with Crippen molar-refractivity contribution >= 4 is 34.0 Å². The van der Waals surface area contributed by atoms with Gasteiger partial charge in [-0.1, -0.05) is 19.9 Å². The number of likely N-dealkylation sites (tertiary alicyclic amines) is 1. The predicted molar refractivity (Wildman–Crippen MR) is 173 cm³/mol. The molecular formula is C35H40F2N6O2. The van der Waals surface area contributed by atoms with Crippen molar-refractivity contribution in [3.8, 4) is 11.4 Å². The van der Waals surface area contributed by atoms with Crippen LogP contribution in [0.4, 0.5) is 26.0 Å². The van der Waals surface area contributed by atoms with E-state index >= 15 is 4.39 Å². The van der Waals surface area contributed by atoms with Crippen LogP contribution in [-0.2, 0) is 9.53 Å². The lowest BCUT2D eigenvalue weighted by molar-refractivity contribution is -0.129. The van der Waals surface area contributed by atoms with Gasteiger partial charge in [-0.25, -0.2) is 18.7 Å². The highest BCUT2D eigenvalue weighted by Crippen LogP contribution is 2.41. The Morgan fingerprint density at radius 2 is 1.91 bits per heavy atom. The largest absolute Gasteiger partial charge is 0.375 e. The Kier molecular flexibility index (Phi) is 8.94. The minimum Gasteiger partial charge on any atom is -0.375 e. The van der Waals surface area contributed by atoms with Crippen LogP contribution in [0, 0.1) is 24.5 Å². The molecule has 5 heterocycles. The lowest BCUT2D eigenvalue weighted by Crippen LogP contribution is -2.43. The van der Waals surface area contributed by atoms with Crippen LogP contribution >= 0.6 is 0 Å². The number of piperidine rings is 1. The van der Waals surface area contributed by atoms with Gasteiger partial charge in [0.1, 0.15) is 17.5 Å². The maximum absolute atomic E-state index is 15.6. The van der Waals surface area contributed by atoms with E-state index in [9.17, 15) is 9.18 Å². The predicted octanol–water partition coefficient (Wildman–Crippen LogP) is 7.00. The van der Waals surface area contributed by atoms with Gasteiger partial charge in [-0.15, -0.1) is 0 Å². The van der Waals surface area contributed by atoms with Gasteiger partial charge in [0.2, 0.25) is 5.91 Å². The van der Waals surface area contributed by atoms with Crippen LogP contribution < -0.4 is 10.2 Å². The molecule has 0 spiro atoms. The third-order valence-corrected chi connectivity index (χ3v) is 8.91. The van der Waals surface area contributed by atoms with Gasteiger partial charge in [0, 0.05) is 74.9 Å². The highest BCUT2D eigenvalue weighted by atomic mass is 19.1. The van der Waals surface area contributed by atoms with Crippen molar-refractivity contribution in [2.75, 3.05) is 43.0 Å². The molecule has 2 aliphatic heterocycles. The van der Waals surface area contributed by atoms with Crippen molar-refractivity contribution in [2.24, 2.45) is 5.92 Å². The molecule has 1 N–H and O–H groups in total. The summed E-state index contributed by atoms with van der Waals surface area (Å²) in [6.07, 6.45) is 6.26. The molecule has 45 heavy (non-hydrogen) atoms. The van der Waals surface area contributed by atoms with E-state index < -0.39 is 11.6 Å². The minimum absolute atomic E-state index is 0.0761. The molecule has 1 amide bonds. The van der Waals surface area contributed by atoms with E-state index in [-0.39, 0.29) is 28.8 Å². The van der Waals surface area contributed by atoms with Gasteiger partial charge in [0.15, 0.2) is 0 Å². The van der Waals surface area contributed by atoms with E-state index in [1.165, 1.54) is 6.07 Å². The highest BCUT2D eigenvalue weighted by Gasteiger charge is 2.28. The summed E-state index contributed by atoms with van der Waals surface area (Å²) < 4.78 is 36.1. The quantitative estimate of drug-likeness (QED) is 0.240. The number of benzene rings is 1. The Labute approximate surface area is 262 Å². The standard InChI is InChI=1S/C35H40F2N6O2/c1-21(2)15-26-20-43(13-14-45-26)32-18-30(27(19-39-32)24-8-11-42(12-9-24)23(4)44)40-35-22(3)34(29-7-5-6-10-38-29)41-31-17-25(36)16-28(37)33(31)35/h5-7,10,16-19,21,24,26H,8-9,11-15,20H2,1-4H3,(H,39,40,41). The second kappa shape index (κ2) is 13.0. The molecule has 2 fully saturated rings. The van der Waals surface area contributed by atoms with Gasteiger partial charge in [-0.2, -0.15) is 0 Å². The molecular weight excluding hydrogens is 574 g/mol. The molecule has 4 aromatic rings. The van der Waals surface area contributed by atoms with Crippen LogP contribution in [0.3, 0.4) is 0 Å². The number of amides is 1. The Morgan fingerprint density at radius 1 is 1.11 bits per heavy atom. The van der Waals surface area contributed by atoms with Gasteiger partial charge in [0.05, 0.1) is 40.7 Å². The van der Waals surface area contributed by atoms with E-state index in [1.54, 1.807) is 13.1 Å². The summed E-state index contributed by atoms with van der Waals surface area (Å²) >= 11 is 0. The van der Waals surface area contributed by atoms with Crippen LogP contribution in [0.2, 0.25) is 0 Å². The van der Waals surface area contributed by atoms with Gasteiger partial charge >= 0.3 is 0 Å². The first kappa shape index (κ1) is 30.8. The Bertz CT molecular complexity index is 1690. The average Bonchev–Trinajstić information content (AvgIpc) is 3.02. The summed E-state index contributed by atoms with van der Waals surface area (Å²) in [5.74, 6) is 0.167. The summed E-state index contributed by atoms with van der Waals surface area (Å²) in [4.78, 5) is 30.3. The molecule has 0 saturated carbocycles. The molecule has 0 aliphatic carbocycles. The second-order valence-corrected chi connectivity index (χ2v) is 12.6. The van der Waals surface area contributed by atoms with Crippen molar-refractivity contribution in [2.45, 2.75) is 59.0 Å². The molecule has 2 aliphatic rings. The third-order valence-electron chi connectivity index (χ3n) is 8.91. The lowest BCUT2D eigenvalue weighted by atomic mass is 9.89. The zero-order chi connectivity index (χ0) is 31.7. The number of anilines is 3. The summed E-state index contributed by atoms with van der Waals surface area (Å²) in [5, 5.41) is 3.82. The Balaban J connectivity index is 1.46. The van der Waals surface area contributed by atoms with Gasteiger partial charge in [0.25, 0.3) is 0 Å². The zero-order valence-corrected chi connectivity index (χ0v) is 26.3. The van der Waals surface area contributed by atoms with Crippen molar-refractivity contribution < 1.29 is 18.3 Å². The maximum Gasteiger partial charge on any atom is 0.219 e.